The summed E-state index contributed by atoms with van der Waals surface area (Å²) in [6, 6.07) is 0.455. The van der Waals surface area contributed by atoms with Crippen molar-refractivity contribution in [2.24, 2.45) is 17.7 Å². The van der Waals surface area contributed by atoms with Crippen LogP contribution in [0.4, 0.5) is 0 Å². The second-order valence-electron chi connectivity index (χ2n) is 4.12. The molecule has 3 unspecified atom stereocenters. The minimum atomic E-state index is 0.455. The summed E-state index contributed by atoms with van der Waals surface area (Å²) in [4.78, 5) is 0. The molecule has 0 amide bonds. The van der Waals surface area contributed by atoms with Crippen LogP contribution in [0.5, 0.6) is 0 Å². The van der Waals surface area contributed by atoms with Gasteiger partial charge in [-0.3, -0.25) is 11.3 Å². The first-order valence-corrected chi connectivity index (χ1v) is 5.31. The first-order valence-electron chi connectivity index (χ1n) is 5.31. The normalized spacial score (nSPS) is 27.5. The van der Waals surface area contributed by atoms with Crippen LogP contribution in [0.2, 0.25) is 0 Å². The van der Waals surface area contributed by atoms with Gasteiger partial charge in [-0.1, -0.05) is 20.3 Å². The molecular formula is C10H22N2O. The van der Waals surface area contributed by atoms with Crippen LogP contribution in [-0.4, -0.2) is 19.3 Å². The lowest BCUT2D eigenvalue weighted by atomic mass is 9.90. The highest BCUT2D eigenvalue weighted by molar-refractivity contribution is 4.76. The topological polar surface area (TPSA) is 47.3 Å². The van der Waals surface area contributed by atoms with E-state index in [0.717, 1.165) is 25.6 Å². The van der Waals surface area contributed by atoms with Crippen molar-refractivity contribution in [2.75, 3.05) is 13.2 Å². The summed E-state index contributed by atoms with van der Waals surface area (Å²) in [5, 5.41) is 0. The number of nitrogens with one attached hydrogen (secondary N) is 1. The molecule has 0 bridgehead atoms. The fraction of sp³-hybridized carbons (Fsp3) is 1.00. The summed E-state index contributed by atoms with van der Waals surface area (Å²) in [6.45, 7) is 6.32. The van der Waals surface area contributed by atoms with Crippen LogP contribution in [0.25, 0.3) is 0 Å². The number of ether oxygens (including phenoxy) is 1. The molecule has 0 aromatic carbocycles. The summed E-state index contributed by atoms with van der Waals surface area (Å²) in [6.07, 6.45) is 3.54. The van der Waals surface area contributed by atoms with Crippen LogP contribution < -0.4 is 11.3 Å². The zero-order chi connectivity index (χ0) is 9.68. The molecule has 3 nitrogen and oxygen atoms in total. The van der Waals surface area contributed by atoms with Gasteiger partial charge in [0, 0.05) is 19.3 Å². The van der Waals surface area contributed by atoms with Gasteiger partial charge in [-0.2, -0.15) is 0 Å². The molecule has 3 heteroatoms. The van der Waals surface area contributed by atoms with Crippen LogP contribution in [0.3, 0.4) is 0 Å². The average molecular weight is 186 g/mol. The van der Waals surface area contributed by atoms with E-state index in [1.54, 1.807) is 0 Å². The first-order chi connectivity index (χ1) is 6.27. The third-order valence-electron chi connectivity index (χ3n) is 3.16. The van der Waals surface area contributed by atoms with Gasteiger partial charge >= 0.3 is 0 Å². The standard InChI is InChI=1S/C10H22N2O/c1-3-8(2)10(12-11)6-9-4-5-13-7-9/h8-10,12H,3-7,11H2,1-2H3. The maximum absolute atomic E-state index is 5.54. The zero-order valence-corrected chi connectivity index (χ0v) is 8.75. The molecular weight excluding hydrogens is 164 g/mol. The Morgan fingerprint density at radius 3 is 2.85 bits per heavy atom. The van der Waals surface area contributed by atoms with E-state index in [9.17, 15) is 0 Å². The van der Waals surface area contributed by atoms with E-state index in [-0.39, 0.29) is 0 Å². The maximum atomic E-state index is 5.54. The molecule has 3 atom stereocenters. The highest BCUT2D eigenvalue weighted by Crippen LogP contribution is 2.22. The lowest BCUT2D eigenvalue weighted by molar-refractivity contribution is 0.178. The van der Waals surface area contributed by atoms with Crippen molar-refractivity contribution in [3.8, 4) is 0 Å². The first kappa shape index (κ1) is 11.0. The van der Waals surface area contributed by atoms with Gasteiger partial charge in [-0.05, 0) is 24.7 Å². The molecule has 1 heterocycles. The van der Waals surface area contributed by atoms with Gasteiger partial charge in [0.25, 0.3) is 0 Å². The summed E-state index contributed by atoms with van der Waals surface area (Å²) in [7, 11) is 0. The van der Waals surface area contributed by atoms with Gasteiger partial charge in [-0.25, -0.2) is 0 Å². The Hall–Kier alpha value is -0.120. The van der Waals surface area contributed by atoms with Gasteiger partial charge in [0.1, 0.15) is 0 Å². The van der Waals surface area contributed by atoms with E-state index in [0.29, 0.717) is 12.0 Å². The van der Waals surface area contributed by atoms with E-state index in [4.69, 9.17) is 10.6 Å². The molecule has 0 aromatic rings. The monoisotopic (exact) mass is 186 g/mol. The Morgan fingerprint density at radius 2 is 2.38 bits per heavy atom. The third-order valence-corrected chi connectivity index (χ3v) is 3.16. The summed E-state index contributed by atoms with van der Waals surface area (Å²) >= 11 is 0. The molecule has 0 aromatic heterocycles. The molecule has 1 aliphatic heterocycles. The maximum Gasteiger partial charge on any atom is 0.0495 e. The van der Waals surface area contributed by atoms with Crippen LogP contribution in [0, 0.1) is 11.8 Å². The average Bonchev–Trinajstić information content (AvgIpc) is 2.65. The second-order valence-corrected chi connectivity index (χ2v) is 4.12. The molecule has 1 rings (SSSR count). The van der Waals surface area contributed by atoms with Crippen molar-refractivity contribution < 1.29 is 4.74 Å². The molecule has 0 spiro atoms. The van der Waals surface area contributed by atoms with E-state index >= 15 is 0 Å². The molecule has 1 saturated heterocycles. The minimum Gasteiger partial charge on any atom is -0.381 e. The minimum absolute atomic E-state index is 0.455. The number of hydrazine groups is 1. The summed E-state index contributed by atoms with van der Waals surface area (Å²) < 4.78 is 5.35. The zero-order valence-electron chi connectivity index (χ0n) is 8.75. The molecule has 3 N–H and O–H groups in total. The predicted molar refractivity (Wildman–Crippen MR) is 54.1 cm³/mol. The van der Waals surface area contributed by atoms with Crippen molar-refractivity contribution in [1.82, 2.24) is 5.43 Å². The van der Waals surface area contributed by atoms with Crippen molar-refractivity contribution in [2.45, 2.75) is 39.2 Å². The second kappa shape index (κ2) is 5.58. The van der Waals surface area contributed by atoms with Gasteiger partial charge < -0.3 is 4.74 Å². The summed E-state index contributed by atoms with van der Waals surface area (Å²) in [5.41, 5.74) is 2.92. The van der Waals surface area contributed by atoms with E-state index in [1.165, 1.54) is 12.8 Å². The Kier molecular flexibility index (Phi) is 4.70. The molecule has 0 aliphatic carbocycles. The van der Waals surface area contributed by atoms with Crippen LogP contribution in [-0.2, 0) is 4.74 Å². The van der Waals surface area contributed by atoms with Crippen molar-refractivity contribution in [3.63, 3.8) is 0 Å². The van der Waals surface area contributed by atoms with Crippen molar-refractivity contribution in [1.29, 1.82) is 0 Å². The van der Waals surface area contributed by atoms with Crippen LogP contribution in [0.1, 0.15) is 33.1 Å². The van der Waals surface area contributed by atoms with Gasteiger partial charge in [0.05, 0.1) is 0 Å². The van der Waals surface area contributed by atoms with E-state index < -0.39 is 0 Å². The summed E-state index contributed by atoms with van der Waals surface area (Å²) in [5.74, 6) is 6.91. The Balaban J connectivity index is 2.29. The van der Waals surface area contributed by atoms with Crippen molar-refractivity contribution in [3.05, 3.63) is 0 Å². The largest absolute Gasteiger partial charge is 0.381 e. The number of hydrogen-bond donors (Lipinski definition) is 2. The Morgan fingerprint density at radius 1 is 1.62 bits per heavy atom. The number of nitrogens with two attached hydrogens (primary N) is 1. The van der Waals surface area contributed by atoms with Crippen LogP contribution >= 0.6 is 0 Å². The Bertz CT molecular complexity index is 135. The van der Waals surface area contributed by atoms with Crippen LogP contribution in [0.15, 0.2) is 0 Å². The lowest BCUT2D eigenvalue weighted by Gasteiger charge is -2.24. The van der Waals surface area contributed by atoms with Gasteiger partial charge in [0.2, 0.25) is 0 Å². The number of rotatable bonds is 5. The fourth-order valence-corrected chi connectivity index (χ4v) is 1.88. The van der Waals surface area contributed by atoms with Gasteiger partial charge in [-0.15, -0.1) is 0 Å². The highest BCUT2D eigenvalue weighted by atomic mass is 16.5. The molecule has 0 radical (unpaired) electrons. The van der Waals surface area contributed by atoms with Gasteiger partial charge in [0.15, 0.2) is 0 Å². The molecule has 78 valence electrons. The quantitative estimate of drug-likeness (QED) is 0.502. The predicted octanol–water partition coefficient (Wildman–Crippen LogP) is 1.29. The highest BCUT2D eigenvalue weighted by Gasteiger charge is 2.22. The Labute approximate surface area is 81.0 Å². The molecule has 0 saturated carbocycles. The number of hydrogen-bond acceptors (Lipinski definition) is 3. The third kappa shape index (κ3) is 3.25. The van der Waals surface area contributed by atoms with E-state index in [1.807, 2.05) is 0 Å². The molecule has 1 fully saturated rings. The molecule has 13 heavy (non-hydrogen) atoms. The SMILES string of the molecule is CCC(C)C(CC1CCOC1)NN. The van der Waals surface area contributed by atoms with Crippen molar-refractivity contribution >= 4 is 0 Å². The lowest BCUT2D eigenvalue weighted by Crippen LogP contribution is -2.41. The smallest absolute Gasteiger partial charge is 0.0495 e. The fourth-order valence-electron chi connectivity index (χ4n) is 1.88. The molecule has 1 aliphatic rings. The van der Waals surface area contributed by atoms with E-state index in [2.05, 4.69) is 19.3 Å².